The summed E-state index contributed by atoms with van der Waals surface area (Å²) < 4.78 is 0. The van der Waals surface area contributed by atoms with Crippen molar-refractivity contribution in [3.8, 4) is 0 Å². The van der Waals surface area contributed by atoms with Crippen molar-refractivity contribution >= 4 is 0 Å². The van der Waals surface area contributed by atoms with Gasteiger partial charge < -0.3 is 5.11 Å². The number of hydrogen-bond donors (Lipinski definition) is 1. The lowest BCUT2D eigenvalue weighted by atomic mass is 9.47. The third kappa shape index (κ3) is 3.37. The third-order valence-electron chi connectivity index (χ3n) is 11.3. The van der Waals surface area contributed by atoms with Gasteiger partial charge in [0, 0.05) is 0 Å². The highest BCUT2D eigenvalue weighted by molar-refractivity contribution is 5.14. The van der Waals surface area contributed by atoms with Crippen molar-refractivity contribution < 1.29 is 5.11 Å². The van der Waals surface area contributed by atoms with Crippen molar-refractivity contribution in [3.05, 3.63) is 11.6 Å². The Morgan fingerprint density at radius 1 is 0.828 bits per heavy atom. The summed E-state index contributed by atoms with van der Waals surface area (Å²) in [5.74, 6) is 6.33. The lowest BCUT2D eigenvalue weighted by Gasteiger charge is -2.58. The Morgan fingerprint density at radius 2 is 1.45 bits per heavy atom. The van der Waals surface area contributed by atoms with Crippen LogP contribution in [-0.4, -0.2) is 11.2 Å². The summed E-state index contributed by atoms with van der Waals surface area (Å²) in [6, 6.07) is 0. The average Bonchev–Trinajstić information content (AvgIpc) is 3.17. The molecule has 0 saturated heterocycles. The van der Waals surface area contributed by atoms with Gasteiger partial charge in [-0.15, -0.1) is 0 Å². The Bertz CT molecular complexity index is 634. The van der Waals surface area contributed by atoms with Crippen LogP contribution in [0.25, 0.3) is 0 Å². The molecule has 4 aliphatic rings. The largest absolute Gasteiger partial charge is 0.393 e. The molecule has 0 aromatic heterocycles. The molecule has 0 bridgehead atoms. The van der Waals surface area contributed by atoms with E-state index in [1.165, 1.54) is 44.9 Å². The van der Waals surface area contributed by atoms with E-state index in [2.05, 4.69) is 54.5 Å². The van der Waals surface area contributed by atoms with Gasteiger partial charge in [-0.2, -0.15) is 0 Å². The Balaban J connectivity index is 1.53. The van der Waals surface area contributed by atoms with E-state index in [4.69, 9.17) is 0 Å². The lowest BCUT2D eigenvalue weighted by Crippen LogP contribution is -2.51. The minimum atomic E-state index is -0.0123. The van der Waals surface area contributed by atoms with Crippen molar-refractivity contribution in [2.75, 3.05) is 0 Å². The molecule has 0 radical (unpaired) electrons. The molecule has 4 saturated carbocycles. The van der Waals surface area contributed by atoms with E-state index < -0.39 is 0 Å². The number of fused-ring (bicyclic) bond motifs is 5. The first kappa shape index (κ1) is 21.9. The van der Waals surface area contributed by atoms with Gasteiger partial charge in [0.2, 0.25) is 0 Å². The summed E-state index contributed by atoms with van der Waals surface area (Å²) in [4.78, 5) is 0. The molecule has 10 atom stereocenters. The number of aliphatic hydroxyl groups is 1. The summed E-state index contributed by atoms with van der Waals surface area (Å²) in [6.07, 6.45) is 13.4. The second kappa shape index (κ2) is 7.68. The number of aliphatic hydroxyl groups excluding tert-OH is 1. The average molecular weight is 401 g/mol. The zero-order chi connectivity index (χ0) is 21.1. The van der Waals surface area contributed by atoms with Crippen LogP contribution in [0.5, 0.6) is 0 Å². The van der Waals surface area contributed by atoms with Crippen molar-refractivity contribution in [3.63, 3.8) is 0 Å². The van der Waals surface area contributed by atoms with E-state index in [1.807, 2.05) is 0 Å². The minimum absolute atomic E-state index is 0.0123. The highest BCUT2D eigenvalue weighted by Crippen LogP contribution is 2.68. The number of hydrogen-bond acceptors (Lipinski definition) is 1. The van der Waals surface area contributed by atoms with Crippen LogP contribution in [-0.2, 0) is 0 Å². The van der Waals surface area contributed by atoms with Crippen LogP contribution in [0.4, 0.5) is 0 Å². The van der Waals surface area contributed by atoms with E-state index in [1.54, 1.807) is 5.57 Å². The molecule has 4 aliphatic carbocycles. The number of allylic oxidation sites excluding steroid dienone is 2. The van der Waals surface area contributed by atoms with Gasteiger partial charge >= 0.3 is 0 Å². The summed E-state index contributed by atoms with van der Waals surface area (Å²) in [6.45, 7) is 17.3. The first-order chi connectivity index (χ1) is 13.6. The molecule has 0 amide bonds. The van der Waals surface area contributed by atoms with Crippen molar-refractivity contribution in [1.29, 1.82) is 0 Å². The van der Waals surface area contributed by atoms with Crippen molar-refractivity contribution in [1.82, 2.24) is 0 Å². The molecule has 1 N–H and O–H groups in total. The predicted octanol–water partition coefficient (Wildman–Crippen LogP) is 7.49. The SMILES string of the molecule is CC(=CC(C)C1CCC2C3CCC4C(O)CCC4(C)C3CCC12C)C(C)C(C)C. The second-order valence-electron chi connectivity index (χ2n) is 12.7. The standard InChI is InChI=1S/C28H48O/c1-17(2)20(5)18(3)16-19(4)22-10-11-23-21-8-9-25-26(29)13-15-28(25,7)24(21)12-14-27(22,23)6/h16-17,19-26,29H,8-15H2,1-7H3. The fourth-order valence-electron chi connectivity index (χ4n) is 9.26. The summed E-state index contributed by atoms with van der Waals surface area (Å²) >= 11 is 0. The molecule has 0 aliphatic heterocycles. The highest BCUT2D eigenvalue weighted by atomic mass is 16.3. The molecule has 0 aromatic rings. The molecule has 0 heterocycles. The van der Waals surface area contributed by atoms with Gasteiger partial charge in [-0.25, -0.2) is 0 Å². The summed E-state index contributed by atoms with van der Waals surface area (Å²) in [7, 11) is 0. The Hall–Kier alpha value is -0.300. The first-order valence-electron chi connectivity index (χ1n) is 13.0. The monoisotopic (exact) mass is 400 g/mol. The molecule has 0 spiro atoms. The van der Waals surface area contributed by atoms with Gasteiger partial charge in [0.05, 0.1) is 6.10 Å². The maximum atomic E-state index is 10.6. The van der Waals surface area contributed by atoms with Crippen molar-refractivity contribution in [2.45, 2.75) is 106 Å². The zero-order valence-corrected chi connectivity index (χ0v) is 20.4. The number of rotatable bonds is 4. The lowest BCUT2D eigenvalue weighted by molar-refractivity contribution is -0.101. The molecular weight excluding hydrogens is 352 g/mol. The van der Waals surface area contributed by atoms with Crippen LogP contribution in [0.15, 0.2) is 11.6 Å². The van der Waals surface area contributed by atoms with E-state index >= 15 is 0 Å². The minimum Gasteiger partial charge on any atom is -0.393 e. The normalized spacial score (nSPS) is 49.5. The Labute approximate surface area is 181 Å². The van der Waals surface area contributed by atoms with E-state index in [9.17, 15) is 5.11 Å². The molecule has 4 fully saturated rings. The Morgan fingerprint density at radius 3 is 2.14 bits per heavy atom. The Kier molecular flexibility index (Phi) is 5.81. The van der Waals surface area contributed by atoms with Gasteiger partial charge in [0.25, 0.3) is 0 Å². The van der Waals surface area contributed by atoms with Crippen molar-refractivity contribution in [2.24, 2.45) is 58.2 Å². The quantitative estimate of drug-likeness (QED) is 0.485. The molecule has 1 heteroatoms. The molecule has 4 rings (SSSR count). The smallest absolute Gasteiger partial charge is 0.0573 e. The maximum absolute atomic E-state index is 10.6. The van der Waals surface area contributed by atoms with E-state index in [0.29, 0.717) is 28.6 Å². The molecule has 29 heavy (non-hydrogen) atoms. The zero-order valence-electron chi connectivity index (χ0n) is 20.4. The maximum Gasteiger partial charge on any atom is 0.0573 e. The molecule has 0 aromatic carbocycles. The van der Waals surface area contributed by atoms with Gasteiger partial charge in [-0.1, -0.05) is 53.2 Å². The predicted molar refractivity (Wildman–Crippen MR) is 124 cm³/mol. The third-order valence-corrected chi connectivity index (χ3v) is 11.3. The van der Waals surface area contributed by atoms with Crippen LogP contribution >= 0.6 is 0 Å². The fraction of sp³-hybridized carbons (Fsp3) is 0.929. The molecule has 1 nitrogen and oxygen atoms in total. The van der Waals surface area contributed by atoms with Crippen LogP contribution in [0, 0.1) is 58.2 Å². The molecular formula is C28H48O. The second-order valence-corrected chi connectivity index (χ2v) is 12.7. The van der Waals surface area contributed by atoms with Crippen LogP contribution in [0.3, 0.4) is 0 Å². The van der Waals surface area contributed by atoms with Gasteiger partial charge in [0.1, 0.15) is 0 Å². The molecule has 166 valence electrons. The fourth-order valence-corrected chi connectivity index (χ4v) is 9.26. The van der Waals surface area contributed by atoms with Gasteiger partial charge in [0.15, 0.2) is 0 Å². The molecule has 10 unspecified atom stereocenters. The van der Waals surface area contributed by atoms with E-state index in [0.717, 1.165) is 36.0 Å². The summed E-state index contributed by atoms with van der Waals surface area (Å²) in [5, 5.41) is 10.6. The van der Waals surface area contributed by atoms with Gasteiger partial charge in [-0.3, -0.25) is 0 Å². The van der Waals surface area contributed by atoms with Crippen LogP contribution in [0.1, 0.15) is 99.8 Å². The first-order valence-corrected chi connectivity index (χ1v) is 13.0. The highest BCUT2D eigenvalue weighted by Gasteiger charge is 2.61. The van der Waals surface area contributed by atoms with Crippen LogP contribution in [0.2, 0.25) is 0 Å². The summed E-state index contributed by atoms with van der Waals surface area (Å²) in [5.41, 5.74) is 2.58. The van der Waals surface area contributed by atoms with E-state index in [-0.39, 0.29) is 6.10 Å². The van der Waals surface area contributed by atoms with Gasteiger partial charge in [-0.05, 0) is 116 Å². The topological polar surface area (TPSA) is 20.2 Å². The van der Waals surface area contributed by atoms with Crippen LogP contribution < -0.4 is 0 Å².